The maximum atomic E-state index is 12.1. The quantitative estimate of drug-likeness (QED) is 0.943. The molecule has 1 aromatic carbocycles. The van der Waals surface area contributed by atoms with Crippen LogP contribution in [0.15, 0.2) is 36.7 Å². The number of anilines is 1. The van der Waals surface area contributed by atoms with Crippen LogP contribution in [-0.4, -0.2) is 29.0 Å². The average molecular weight is 310 g/mol. The van der Waals surface area contributed by atoms with Gasteiger partial charge in [-0.15, -0.1) is 0 Å². The summed E-state index contributed by atoms with van der Waals surface area (Å²) in [6, 6.07) is 8.10. The highest BCUT2D eigenvalue weighted by atomic mass is 16.1. The van der Waals surface area contributed by atoms with E-state index in [1.165, 1.54) is 24.8 Å². The van der Waals surface area contributed by atoms with E-state index in [1.54, 1.807) is 12.4 Å². The molecule has 5 nitrogen and oxygen atoms in total. The molecule has 1 N–H and O–H groups in total. The van der Waals surface area contributed by atoms with Crippen molar-refractivity contribution in [3.8, 4) is 0 Å². The van der Waals surface area contributed by atoms with Crippen LogP contribution in [0, 0.1) is 6.92 Å². The summed E-state index contributed by atoms with van der Waals surface area (Å²) < 4.78 is 0. The van der Waals surface area contributed by atoms with Crippen molar-refractivity contribution in [2.75, 3.05) is 18.0 Å². The summed E-state index contributed by atoms with van der Waals surface area (Å²) in [5.41, 5.74) is 2.64. The Morgan fingerprint density at radius 3 is 2.48 bits per heavy atom. The van der Waals surface area contributed by atoms with Crippen LogP contribution in [-0.2, 0) is 6.54 Å². The Balaban J connectivity index is 1.57. The number of carbonyl (C=O) groups excluding carboxylic acids is 1. The van der Waals surface area contributed by atoms with Crippen molar-refractivity contribution in [2.45, 2.75) is 32.7 Å². The maximum absolute atomic E-state index is 12.1. The first kappa shape index (κ1) is 15.5. The first-order valence-electron chi connectivity index (χ1n) is 8.13. The predicted molar refractivity (Wildman–Crippen MR) is 90.4 cm³/mol. The second-order valence-electron chi connectivity index (χ2n) is 5.98. The van der Waals surface area contributed by atoms with Gasteiger partial charge in [-0.2, -0.15) is 0 Å². The zero-order valence-electron chi connectivity index (χ0n) is 13.5. The monoisotopic (exact) mass is 310 g/mol. The van der Waals surface area contributed by atoms with Gasteiger partial charge in [0.05, 0.1) is 12.4 Å². The van der Waals surface area contributed by atoms with Gasteiger partial charge in [0.15, 0.2) is 0 Å². The standard InChI is InChI=1S/C18H22N4O/c1-14-5-7-15(8-6-14)11-21-18(23)16-12-20-17(13-19-16)22-9-3-2-4-10-22/h5-8,12-13H,2-4,9-11H2,1H3,(H,21,23). The molecule has 1 amide bonds. The third-order valence-corrected chi connectivity index (χ3v) is 4.12. The third-order valence-electron chi connectivity index (χ3n) is 4.12. The lowest BCUT2D eigenvalue weighted by atomic mass is 10.1. The number of aromatic nitrogens is 2. The first-order valence-corrected chi connectivity index (χ1v) is 8.13. The summed E-state index contributed by atoms with van der Waals surface area (Å²) >= 11 is 0. The van der Waals surface area contributed by atoms with Gasteiger partial charge in [-0.1, -0.05) is 29.8 Å². The van der Waals surface area contributed by atoms with Crippen molar-refractivity contribution >= 4 is 11.7 Å². The van der Waals surface area contributed by atoms with Crippen molar-refractivity contribution in [3.05, 3.63) is 53.5 Å². The lowest BCUT2D eigenvalue weighted by molar-refractivity contribution is 0.0945. The minimum Gasteiger partial charge on any atom is -0.355 e. The van der Waals surface area contributed by atoms with Gasteiger partial charge in [-0.25, -0.2) is 9.97 Å². The second-order valence-corrected chi connectivity index (χ2v) is 5.98. The molecular formula is C18H22N4O. The van der Waals surface area contributed by atoms with Crippen molar-refractivity contribution < 1.29 is 4.79 Å². The molecule has 1 saturated heterocycles. The highest BCUT2D eigenvalue weighted by Gasteiger charge is 2.14. The molecule has 1 aromatic heterocycles. The maximum Gasteiger partial charge on any atom is 0.271 e. The number of aryl methyl sites for hydroxylation is 1. The number of benzene rings is 1. The fraction of sp³-hybridized carbons (Fsp3) is 0.389. The van der Waals surface area contributed by atoms with E-state index in [2.05, 4.69) is 20.2 Å². The SMILES string of the molecule is Cc1ccc(CNC(=O)c2cnc(N3CCCCC3)cn2)cc1. The average Bonchev–Trinajstić information content (AvgIpc) is 2.62. The van der Waals surface area contributed by atoms with E-state index in [9.17, 15) is 4.79 Å². The molecule has 5 heteroatoms. The van der Waals surface area contributed by atoms with Gasteiger partial charge in [0.25, 0.3) is 5.91 Å². The van der Waals surface area contributed by atoms with Crippen LogP contribution < -0.4 is 10.2 Å². The summed E-state index contributed by atoms with van der Waals surface area (Å²) in [6.45, 7) is 4.58. The lowest BCUT2D eigenvalue weighted by Gasteiger charge is -2.27. The predicted octanol–water partition coefficient (Wildman–Crippen LogP) is 2.71. The van der Waals surface area contributed by atoms with Crippen LogP contribution in [0.2, 0.25) is 0 Å². The van der Waals surface area contributed by atoms with E-state index in [1.807, 2.05) is 31.2 Å². The third kappa shape index (κ3) is 4.06. The fourth-order valence-corrected chi connectivity index (χ4v) is 2.70. The molecule has 2 aromatic rings. The Morgan fingerprint density at radius 1 is 1.09 bits per heavy atom. The molecule has 23 heavy (non-hydrogen) atoms. The molecule has 1 fully saturated rings. The minimum atomic E-state index is -0.191. The number of nitrogens with one attached hydrogen (secondary N) is 1. The smallest absolute Gasteiger partial charge is 0.271 e. The Hall–Kier alpha value is -2.43. The molecular weight excluding hydrogens is 288 g/mol. The van der Waals surface area contributed by atoms with Crippen LogP contribution >= 0.6 is 0 Å². The number of hydrogen-bond donors (Lipinski definition) is 1. The van der Waals surface area contributed by atoms with Crippen molar-refractivity contribution in [2.24, 2.45) is 0 Å². The topological polar surface area (TPSA) is 58.1 Å². The van der Waals surface area contributed by atoms with Gasteiger partial charge in [-0.3, -0.25) is 4.79 Å². The number of nitrogens with zero attached hydrogens (tertiary/aromatic N) is 3. The van der Waals surface area contributed by atoms with Gasteiger partial charge in [0, 0.05) is 19.6 Å². The molecule has 0 atom stereocenters. The Kier molecular flexibility index (Phi) is 4.86. The molecule has 0 aliphatic carbocycles. The highest BCUT2D eigenvalue weighted by Crippen LogP contribution is 2.16. The molecule has 120 valence electrons. The zero-order valence-corrected chi connectivity index (χ0v) is 13.5. The van der Waals surface area contributed by atoms with Crippen molar-refractivity contribution in [1.29, 1.82) is 0 Å². The minimum absolute atomic E-state index is 0.191. The van der Waals surface area contributed by atoms with Gasteiger partial charge in [-0.05, 0) is 31.7 Å². The summed E-state index contributed by atoms with van der Waals surface area (Å²) in [6.07, 6.45) is 6.94. The molecule has 0 spiro atoms. The largest absolute Gasteiger partial charge is 0.355 e. The Bertz CT molecular complexity index is 646. The van der Waals surface area contributed by atoms with Crippen LogP contribution in [0.5, 0.6) is 0 Å². The van der Waals surface area contributed by atoms with E-state index in [0.717, 1.165) is 24.5 Å². The molecule has 0 radical (unpaired) electrons. The zero-order chi connectivity index (χ0) is 16.1. The number of hydrogen-bond acceptors (Lipinski definition) is 4. The van der Waals surface area contributed by atoms with E-state index in [0.29, 0.717) is 12.2 Å². The lowest BCUT2D eigenvalue weighted by Crippen LogP contribution is -2.30. The molecule has 0 unspecified atom stereocenters. The van der Waals surface area contributed by atoms with Gasteiger partial charge >= 0.3 is 0 Å². The van der Waals surface area contributed by atoms with E-state index >= 15 is 0 Å². The molecule has 1 aliphatic heterocycles. The van der Waals surface area contributed by atoms with Crippen LogP contribution in [0.1, 0.15) is 40.9 Å². The number of amides is 1. The van der Waals surface area contributed by atoms with E-state index in [-0.39, 0.29) is 5.91 Å². The van der Waals surface area contributed by atoms with E-state index < -0.39 is 0 Å². The van der Waals surface area contributed by atoms with Crippen LogP contribution in [0.25, 0.3) is 0 Å². The number of carbonyl (C=O) groups is 1. The van der Waals surface area contributed by atoms with Gasteiger partial charge in [0.1, 0.15) is 11.5 Å². The molecule has 0 saturated carbocycles. The van der Waals surface area contributed by atoms with Crippen molar-refractivity contribution in [3.63, 3.8) is 0 Å². The van der Waals surface area contributed by atoms with Crippen LogP contribution in [0.4, 0.5) is 5.82 Å². The Labute approximate surface area is 136 Å². The molecule has 0 bridgehead atoms. The van der Waals surface area contributed by atoms with Gasteiger partial charge < -0.3 is 10.2 Å². The highest BCUT2D eigenvalue weighted by molar-refractivity contribution is 5.91. The molecule has 1 aliphatic rings. The summed E-state index contributed by atoms with van der Waals surface area (Å²) in [5.74, 6) is 0.669. The number of piperidine rings is 1. The van der Waals surface area contributed by atoms with Crippen LogP contribution in [0.3, 0.4) is 0 Å². The summed E-state index contributed by atoms with van der Waals surface area (Å²) in [7, 11) is 0. The molecule has 3 rings (SSSR count). The normalized spacial score (nSPS) is 14.6. The second kappa shape index (κ2) is 7.22. The molecule has 2 heterocycles. The van der Waals surface area contributed by atoms with Crippen molar-refractivity contribution in [1.82, 2.24) is 15.3 Å². The summed E-state index contributed by atoms with van der Waals surface area (Å²) in [5, 5.41) is 2.88. The summed E-state index contributed by atoms with van der Waals surface area (Å²) in [4.78, 5) is 23.0. The first-order chi connectivity index (χ1) is 11.2. The van der Waals surface area contributed by atoms with Gasteiger partial charge in [0.2, 0.25) is 0 Å². The Morgan fingerprint density at radius 2 is 1.83 bits per heavy atom. The fourth-order valence-electron chi connectivity index (χ4n) is 2.70. The van der Waals surface area contributed by atoms with E-state index in [4.69, 9.17) is 0 Å². The number of rotatable bonds is 4.